The topological polar surface area (TPSA) is 135 Å². The van der Waals surface area contributed by atoms with Crippen molar-refractivity contribution in [2.45, 2.75) is 116 Å². The van der Waals surface area contributed by atoms with Gasteiger partial charge in [-0.15, -0.1) is 0 Å². The van der Waals surface area contributed by atoms with E-state index in [-0.39, 0.29) is 19.0 Å². The molecule has 2 atom stereocenters. The Morgan fingerprint density at radius 3 is 2.12 bits per heavy atom. The number of alkyl halides is 1. The van der Waals surface area contributed by atoms with E-state index in [1.165, 1.54) is 96.1 Å². The maximum absolute atomic E-state index is 13.5. The summed E-state index contributed by atoms with van der Waals surface area (Å²) in [5.74, 6) is 0.221. The zero-order chi connectivity index (χ0) is 28.9. The summed E-state index contributed by atoms with van der Waals surface area (Å²) in [5.41, 5.74) is 6.61. The fourth-order valence-electron chi connectivity index (χ4n) is 4.50. The molecule has 2 rings (SSSR count). The second-order valence-electron chi connectivity index (χ2n) is 10.4. The Morgan fingerprint density at radius 2 is 1.50 bits per heavy atom. The lowest BCUT2D eigenvalue weighted by Crippen LogP contribution is -2.23. The average molecular weight is 588 g/mol. The number of fused-ring (bicyclic) bond motifs is 1. The lowest BCUT2D eigenvalue weighted by atomic mass is 10.0. The summed E-state index contributed by atoms with van der Waals surface area (Å²) in [5, 5.41) is 0. The second kappa shape index (κ2) is 21.1. The van der Waals surface area contributed by atoms with Crippen LogP contribution in [-0.2, 0) is 25.1 Å². The zero-order valence-electron chi connectivity index (χ0n) is 24.4. The minimum absolute atomic E-state index is 0.0521. The lowest BCUT2D eigenvalue weighted by Gasteiger charge is -2.18. The van der Waals surface area contributed by atoms with E-state index in [2.05, 4.69) is 21.9 Å². The van der Waals surface area contributed by atoms with Crippen LogP contribution in [0.5, 0.6) is 0 Å². The van der Waals surface area contributed by atoms with E-state index >= 15 is 0 Å². The highest BCUT2D eigenvalue weighted by Gasteiger charge is 2.23. The fraction of sp³-hybridized carbons (Fsp3) is 0.821. The van der Waals surface area contributed by atoms with Crippen molar-refractivity contribution in [2.24, 2.45) is 0 Å². The van der Waals surface area contributed by atoms with Gasteiger partial charge in [-0.3, -0.25) is 4.57 Å². The number of imidazole rings is 1. The van der Waals surface area contributed by atoms with Crippen LogP contribution in [0.25, 0.3) is 11.2 Å². The Kier molecular flexibility index (Phi) is 18.2. The van der Waals surface area contributed by atoms with Crippen LogP contribution in [0.4, 0.5) is 10.2 Å². The summed E-state index contributed by atoms with van der Waals surface area (Å²) in [6.45, 7) is 2.68. The van der Waals surface area contributed by atoms with Crippen molar-refractivity contribution in [2.75, 3.05) is 38.6 Å². The van der Waals surface area contributed by atoms with Crippen LogP contribution in [0, 0.1) is 0 Å². The van der Waals surface area contributed by atoms with Gasteiger partial charge in [-0.1, -0.05) is 90.4 Å². The van der Waals surface area contributed by atoms with Crippen LogP contribution in [0.1, 0.15) is 103 Å². The molecular weight excluding hydrogens is 536 g/mol. The first kappa shape index (κ1) is 34.6. The monoisotopic (exact) mass is 587 g/mol. The quantitative estimate of drug-likeness (QED) is 0.0899. The number of ether oxygens (including phenoxy) is 2. The molecule has 0 saturated carbocycles. The van der Waals surface area contributed by atoms with Crippen LogP contribution in [-0.4, -0.2) is 63.4 Å². The van der Waals surface area contributed by atoms with E-state index in [0.717, 1.165) is 6.42 Å². The van der Waals surface area contributed by atoms with Crippen molar-refractivity contribution in [1.29, 1.82) is 0 Å². The van der Waals surface area contributed by atoms with E-state index in [1.54, 1.807) is 4.57 Å². The number of nitrogens with zero attached hydrogens (tertiary/aromatic N) is 4. The third-order valence-corrected chi connectivity index (χ3v) is 7.90. The van der Waals surface area contributed by atoms with Crippen LogP contribution in [0.3, 0.4) is 0 Å². The summed E-state index contributed by atoms with van der Waals surface area (Å²) in [6.07, 6.45) is 20.2. The van der Waals surface area contributed by atoms with Crippen LogP contribution in [0.15, 0.2) is 12.7 Å². The molecule has 0 saturated heterocycles. The van der Waals surface area contributed by atoms with E-state index in [4.69, 9.17) is 19.7 Å². The number of rotatable bonds is 26. The molecule has 2 heterocycles. The zero-order valence-corrected chi connectivity index (χ0v) is 25.2. The molecule has 0 aliphatic carbocycles. The highest BCUT2D eigenvalue weighted by molar-refractivity contribution is 7.52. The minimum Gasteiger partial charge on any atom is -0.382 e. The van der Waals surface area contributed by atoms with Crippen molar-refractivity contribution in [3.63, 3.8) is 0 Å². The maximum Gasteiger partial charge on any atom is 0.353 e. The SMILES string of the molecule is CCCCCCCCCCCCCCCCOCCCOP(=O)(O)CO[C@@H](CF)Cn1cnc2c(N)ncnc21. The van der Waals surface area contributed by atoms with Gasteiger partial charge in [0, 0.05) is 13.2 Å². The number of halogens is 1. The fourth-order valence-corrected chi connectivity index (χ4v) is 5.39. The Hall–Kier alpha value is -1.65. The normalized spacial score (nSPS) is 14.1. The number of aromatic nitrogens is 4. The summed E-state index contributed by atoms with van der Waals surface area (Å²) >= 11 is 0. The van der Waals surface area contributed by atoms with Gasteiger partial charge in [0.25, 0.3) is 0 Å². The van der Waals surface area contributed by atoms with E-state index in [9.17, 15) is 13.8 Å². The lowest BCUT2D eigenvalue weighted by molar-refractivity contribution is 0.0404. The van der Waals surface area contributed by atoms with Crippen molar-refractivity contribution in [3.05, 3.63) is 12.7 Å². The van der Waals surface area contributed by atoms with E-state index in [1.807, 2.05) is 0 Å². The number of hydrogen-bond acceptors (Lipinski definition) is 8. The highest BCUT2D eigenvalue weighted by Crippen LogP contribution is 2.42. The molecule has 0 spiro atoms. The third-order valence-electron chi connectivity index (χ3n) is 6.84. The van der Waals surface area contributed by atoms with Crippen LogP contribution < -0.4 is 5.73 Å². The van der Waals surface area contributed by atoms with Crippen molar-refractivity contribution >= 4 is 24.6 Å². The van der Waals surface area contributed by atoms with Gasteiger partial charge < -0.3 is 29.2 Å². The number of nitrogen functional groups attached to an aromatic ring is 1. The Labute approximate surface area is 239 Å². The molecule has 3 N–H and O–H groups in total. The molecule has 230 valence electrons. The summed E-state index contributed by atoms with van der Waals surface area (Å²) in [4.78, 5) is 22.1. The first-order valence-electron chi connectivity index (χ1n) is 15.1. The van der Waals surface area contributed by atoms with Gasteiger partial charge in [0.2, 0.25) is 0 Å². The van der Waals surface area contributed by atoms with E-state index in [0.29, 0.717) is 30.8 Å². The van der Waals surface area contributed by atoms with Crippen molar-refractivity contribution in [1.82, 2.24) is 19.5 Å². The molecular formula is C28H51FN5O5P. The molecule has 0 aliphatic rings. The van der Waals surface area contributed by atoms with Crippen molar-refractivity contribution in [3.8, 4) is 0 Å². The molecule has 0 fully saturated rings. The predicted octanol–water partition coefficient (Wildman–Crippen LogP) is 6.81. The van der Waals surface area contributed by atoms with Crippen LogP contribution >= 0.6 is 7.60 Å². The molecule has 12 heteroatoms. The first-order valence-corrected chi connectivity index (χ1v) is 16.9. The number of hydrogen-bond donors (Lipinski definition) is 2. The van der Waals surface area contributed by atoms with Gasteiger partial charge in [0.1, 0.15) is 31.0 Å². The molecule has 2 aromatic heterocycles. The van der Waals surface area contributed by atoms with Gasteiger partial charge in [0.15, 0.2) is 11.5 Å². The molecule has 0 amide bonds. The standard InChI is InChI=1S/C28H51FN5O5P/c1-2-3-4-5-6-7-8-9-10-11-12-13-14-15-17-37-18-16-19-39-40(35,36)24-38-25(20-29)21-34-23-33-26-27(30)31-22-32-28(26)34/h22-23,25H,2-21,24H2,1H3,(H,35,36)(H2,30,31,32)/t25-/m0/s1. The smallest absolute Gasteiger partial charge is 0.353 e. The van der Waals surface area contributed by atoms with E-state index < -0.39 is 26.7 Å². The number of nitrogens with two attached hydrogens (primary N) is 1. The van der Waals surface area contributed by atoms with Crippen molar-refractivity contribution < 1.29 is 27.8 Å². The molecule has 0 aliphatic heterocycles. The Morgan fingerprint density at radius 1 is 0.900 bits per heavy atom. The third kappa shape index (κ3) is 14.8. The average Bonchev–Trinajstić information content (AvgIpc) is 3.36. The van der Waals surface area contributed by atoms with Gasteiger partial charge in [-0.2, -0.15) is 0 Å². The molecule has 0 aromatic carbocycles. The highest BCUT2D eigenvalue weighted by atomic mass is 31.2. The molecule has 0 radical (unpaired) electrons. The predicted molar refractivity (Wildman–Crippen MR) is 157 cm³/mol. The largest absolute Gasteiger partial charge is 0.382 e. The summed E-state index contributed by atoms with van der Waals surface area (Å²) in [7, 11) is -4.01. The Bertz CT molecular complexity index is 966. The van der Waals surface area contributed by atoms with Gasteiger partial charge in [-0.05, 0) is 12.8 Å². The molecule has 10 nitrogen and oxygen atoms in total. The summed E-state index contributed by atoms with van der Waals surface area (Å²) in [6, 6.07) is 0. The second-order valence-corrected chi connectivity index (χ2v) is 12.2. The maximum atomic E-state index is 13.5. The first-order chi connectivity index (χ1) is 19.5. The molecule has 0 bridgehead atoms. The van der Waals surface area contributed by atoms with Crippen LogP contribution in [0.2, 0.25) is 0 Å². The molecule has 2 aromatic rings. The van der Waals surface area contributed by atoms with Gasteiger partial charge in [-0.25, -0.2) is 19.3 Å². The minimum atomic E-state index is -4.01. The molecule has 40 heavy (non-hydrogen) atoms. The number of unbranched alkanes of at least 4 members (excludes halogenated alkanes) is 13. The van der Waals surface area contributed by atoms with Gasteiger partial charge >= 0.3 is 7.60 Å². The Balaban J connectivity index is 1.41. The number of anilines is 1. The summed E-state index contributed by atoms with van der Waals surface area (Å²) < 4.78 is 43.4. The molecule has 1 unspecified atom stereocenters. The van der Waals surface area contributed by atoms with Gasteiger partial charge in [0.05, 0.1) is 19.5 Å².